The Morgan fingerprint density at radius 1 is 1.23 bits per heavy atom. The van der Waals surface area contributed by atoms with Gasteiger partial charge in [-0.05, 0) is 29.7 Å². The minimum absolute atomic E-state index is 0.00563. The number of nitrogens with two attached hydrogens (primary N) is 2. The van der Waals surface area contributed by atoms with Gasteiger partial charge < -0.3 is 54.0 Å². The molecule has 2 aliphatic heterocycles. The predicted octanol–water partition coefficient (Wildman–Crippen LogP) is -0.807. The van der Waals surface area contributed by atoms with Gasteiger partial charge in [-0.2, -0.15) is 9.67 Å². The highest BCUT2D eigenvalue weighted by Crippen LogP contribution is 2.50. The van der Waals surface area contributed by atoms with E-state index in [4.69, 9.17) is 58.1 Å². The average molecular weight is 677 g/mol. The normalized spacial score (nSPS) is 28.1. The third-order valence-electron chi connectivity index (χ3n) is 6.90. The standard InChI is InChI=1S/C20H26N10O9P2S2/c21-15-9-1-2-29(16(9)24-7-23-15)13-4-10(38-40(33)42)12(37-13)6-35-41(34,43)39-11-3-8(5-31)36-19(11)30-17-14(27-28-30)18(32)26-20(22)25-17/h1-2,7-8,10-13,19,31,40H,3-6H2,(H,33,42)(H,34,43)(H2,21,23,24)(H3,22,25,26,32)/t8-,10-,11+,12?,13+,19+,41?/m0/s1. The lowest BCUT2D eigenvalue weighted by molar-refractivity contribution is -0.0579. The van der Waals surface area contributed by atoms with Crippen molar-refractivity contribution >= 4 is 71.4 Å². The molecular weight excluding hydrogens is 650 g/mol. The molecule has 4 aromatic heterocycles. The molecule has 0 bridgehead atoms. The number of aliphatic hydroxyl groups is 1. The summed E-state index contributed by atoms with van der Waals surface area (Å²) in [6.45, 7) is -4.65. The van der Waals surface area contributed by atoms with Crippen molar-refractivity contribution in [1.29, 1.82) is 0 Å². The van der Waals surface area contributed by atoms with Crippen LogP contribution in [-0.4, -0.2) is 92.0 Å². The van der Waals surface area contributed by atoms with Gasteiger partial charge in [-0.3, -0.25) is 9.78 Å². The molecule has 6 rings (SSSR count). The van der Waals surface area contributed by atoms with E-state index >= 15 is 0 Å². The van der Waals surface area contributed by atoms with Gasteiger partial charge in [-0.25, -0.2) is 9.97 Å². The van der Waals surface area contributed by atoms with Crippen LogP contribution in [0.25, 0.3) is 22.2 Å². The summed E-state index contributed by atoms with van der Waals surface area (Å²) in [5, 5.41) is 18.1. The highest BCUT2D eigenvalue weighted by Gasteiger charge is 2.43. The van der Waals surface area contributed by atoms with Gasteiger partial charge in [0.2, 0.25) is 5.95 Å². The second kappa shape index (κ2) is 12.1. The minimum Gasteiger partial charge on any atom is -0.394 e. The van der Waals surface area contributed by atoms with Gasteiger partial charge in [0, 0.05) is 19.0 Å². The Hall–Kier alpha value is -2.52. The van der Waals surface area contributed by atoms with E-state index in [1.807, 2.05) is 0 Å². The van der Waals surface area contributed by atoms with E-state index in [1.54, 1.807) is 16.8 Å². The average Bonchev–Trinajstić information content (AvgIpc) is 3.72. The fourth-order valence-electron chi connectivity index (χ4n) is 5.04. The highest BCUT2D eigenvalue weighted by atomic mass is 32.5. The number of aromatic nitrogens is 8. The highest BCUT2D eigenvalue weighted by molar-refractivity contribution is 8.07. The third-order valence-corrected chi connectivity index (χ3v) is 9.28. The lowest BCUT2D eigenvalue weighted by Crippen LogP contribution is -2.28. The first-order chi connectivity index (χ1) is 20.5. The zero-order chi connectivity index (χ0) is 30.5. The number of aliphatic hydroxyl groups excluding tert-OH is 1. The van der Waals surface area contributed by atoms with Gasteiger partial charge >= 0.3 is 6.72 Å². The SMILES string of the molecule is Nc1nc2c(nnn2[C@@H]2O[C@H](CO)C[C@H]2OP(O)(=S)OCC2O[C@@H](n3ccc4c(N)ncnc43)C[C@@H]2O[PH](O)=S)c(=O)[nH]1. The topological polar surface area (TPSA) is 266 Å². The van der Waals surface area contributed by atoms with Crippen LogP contribution in [0.15, 0.2) is 23.4 Å². The quantitative estimate of drug-likeness (QED) is 0.112. The number of aromatic amines is 1. The van der Waals surface area contributed by atoms with Crippen LogP contribution in [-0.2, 0) is 46.7 Å². The van der Waals surface area contributed by atoms with Crippen LogP contribution in [0.1, 0.15) is 25.3 Å². The fraction of sp³-hybridized carbons (Fsp3) is 0.500. The summed E-state index contributed by atoms with van der Waals surface area (Å²) in [6, 6.07) is 1.75. The molecule has 2 saturated heterocycles. The molecule has 232 valence electrons. The van der Waals surface area contributed by atoms with Gasteiger partial charge in [0.15, 0.2) is 24.5 Å². The Morgan fingerprint density at radius 3 is 2.81 bits per heavy atom. The summed E-state index contributed by atoms with van der Waals surface area (Å²) in [7, 11) is -2.54. The summed E-state index contributed by atoms with van der Waals surface area (Å²) in [4.78, 5) is 47.7. The zero-order valence-corrected chi connectivity index (χ0v) is 25.4. The second-order valence-electron chi connectivity index (χ2n) is 9.64. The van der Waals surface area contributed by atoms with Gasteiger partial charge in [-0.15, -0.1) is 5.10 Å². The largest absolute Gasteiger partial charge is 0.394 e. The van der Waals surface area contributed by atoms with E-state index in [2.05, 4.69) is 30.2 Å². The molecule has 8 N–H and O–H groups in total. The van der Waals surface area contributed by atoms with E-state index < -0.39 is 56.3 Å². The maximum absolute atomic E-state index is 12.2. The van der Waals surface area contributed by atoms with Crippen molar-refractivity contribution in [1.82, 2.24) is 39.5 Å². The van der Waals surface area contributed by atoms with Gasteiger partial charge in [-0.1, -0.05) is 5.21 Å². The summed E-state index contributed by atoms with van der Waals surface area (Å²) >= 11 is 10.2. The van der Waals surface area contributed by atoms with E-state index in [9.17, 15) is 19.7 Å². The number of anilines is 2. The Kier molecular flexibility index (Phi) is 8.59. The van der Waals surface area contributed by atoms with Crippen molar-refractivity contribution in [2.24, 2.45) is 0 Å². The molecule has 19 nitrogen and oxygen atoms in total. The molecule has 3 unspecified atom stereocenters. The Bertz CT molecular complexity index is 1790. The molecule has 0 amide bonds. The summed E-state index contributed by atoms with van der Waals surface area (Å²) in [5.74, 6) is 0.134. The second-order valence-corrected chi connectivity index (χ2v) is 14.2. The van der Waals surface area contributed by atoms with E-state index in [0.29, 0.717) is 16.9 Å². The summed E-state index contributed by atoms with van der Waals surface area (Å²) < 4.78 is 32.0. The molecule has 0 aliphatic carbocycles. The van der Waals surface area contributed by atoms with Crippen molar-refractivity contribution in [3.8, 4) is 0 Å². The molecule has 2 fully saturated rings. The lowest BCUT2D eigenvalue weighted by atomic mass is 10.2. The van der Waals surface area contributed by atoms with Crippen molar-refractivity contribution < 1.29 is 37.9 Å². The number of nitrogen functional groups attached to an aromatic ring is 2. The number of H-pyrrole nitrogens is 1. The maximum Gasteiger partial charge on any atom is 0.325 e. The lowest BCUT2D eigenvalue weighted by Gasteiger charge is -2.25. The van der Waals surface area contributed by atoms with E-state index in [0.717, 1.165) is 4.68 Å². The number of ether oxygens (including phenoxy) is 2. The first-order valence-electron chi connectivity index (χ1n) is 12.7. The van der Waals surface area contributed by atoms with Crippen molar-refractivity contribution in [3.63, 3.8) is 0 Å². The Balaban J connectivity index is 1.18. The summed E-state index contributed by atoms with van der Waals surface area (Å²) in [6.07, 6.45) is -1.47. The number of fused-ring (bicyclic) bond motifs is 2. The minimum atomic E-state index is -4.00. The van der Waals surface area contributed by atoms with Crippen LogP contribution in [0.5, 0.6) is 0 Å². The van der Waals surface area contributed by atoms with Gasteiger partial charge in [0.1, 0.15) is 36.2 Å². The molecule has 23 heteroatoms. The summed E-state index contributed by atoms with van der Waals surface area (Å²) in [5.41, 5.74) is 11.5. The van der Waals surface area contributed by atoms with Crippen LogP contribution in [0.4, 0.5) is 11.8 Å². The van der Waals surface area contributed by atoms with Gasteiger partial charge in [0.25, 0.3) is 5.56 Å². The monoisotopic (exact) mass is 676 g/mol. The Labute approximate surface area is 251 Å². The number of hydrogen-bond donors (Lipinski definition) is 6. The first-order valence-corrected chi connectivity index (χ1v) is 17.8. The molecule has 43 heavy (non-hydrogen) atoms. The molecule has 8 atom stereocenters. The molecule has 6 heterocycles. The number of rotatable bonds is 10. The third kappa shape index (κ3) is 6.21. The van der Waals surface area contributed by atoms with Gasteiger partial charge in [0.05, 0.1) is 30.8 Å². The number of nitrogens with one attached hydrogen (secondary N) is 1. The van der Waals surface area contributed by atoms with E-state index in [-0.39, 0.29) is 43.2 Å². The number of hydrogen-bond acceptors (Lipinski definition) is 16. The molecule has 0 aromatic carbocycles. The van der Waals surface area contributed by atoms with Crippen LogP contribution in [0.2, 0.25) is 0 Å². The smallest absolute Gasteiger partial charge is 0.325 e. The van der Waals surface area contributed by atoms with E-state index in [1.165, 1.54) is 6.33 Å². The predicted molar refractivity (Wildman–Crippen MR) is 157 cm³/mol. The van der Waals surface area contributed by atoms with Crippen LogP contribution >= 0.6 is 13.9 Å². The van der Waals surface area contributed by atoms with Crippen molar-refractivity contribution in [3.05, 3.63) is 28.9 Å². The first kappa shape index (κ1) is 30.5. The van der Waals surface area contributed by atoms with Crippen LogP contribution in [0, 0.1) is 0 Å². The molecular formula is C20H26N10O9P2S2. The number of nitrogens with zero attached hydrogens (tertiary/aromatic N) is 7. The maximum atomic E-state index is 12.2. The molecule has 4 aromatic rings. The molecule has 0 spiro atoms. The molecule has 2 aliphatic rings. The van der Waals surface area contributed by atoms with Crippen molar-refractivity contribution in [2.45, 2.75) is 49.7 Å². The Morgan fingerprint density at radius 2 is 2.05 bits per heavy atom. The fourth-order valence-corrected chi connectivity index (χ4v) is 7.36. The van der Waals surface area contributed by atoms with Crippen molar-refractivity contribution in [2.75, 3.05) is 24.7 Å². The van der Waals surface area contributed by atoms with Crippen LogP contribution < -0.4 is 17.0 Å². The molecule has 0 radical (unpaired) electrons. The van der Waals surface area contributed by atoms with Crippen LogP contribution in [0.3, 0.4) is 0 Å². The zero-order valence-electron chi connectivity index (χ0n) is 21.9. The molecule has 0 saturated carbocycles.